The van der Waals surface area contributed by atoms with Crippen molar-refractivity contribution in [2.45, 2.75) is 30.6 Å². The molecule has 1 saturated carbocycles. The van der Waals surface area contributed by atoms with E-state index in [0.29, 0.717) is 0 Å². The number of alkyl halides is 3. The van der Waals surface area contributed by atoms with Crippen LogP contribution in [0.4, 0.5) is 24.5 Å². The van der Waals surface area contributed by atoms with E-state index in [9.17, 15) is 32.7 Å². The molecule has 4 atom stereocenters. The van der Waals surface area contributed by atoms with Crippen molar-refractivity contribution in [1.82, 2.24) is 5.32 Å². The van der Waals surface area contributed by atoms with E-state index >= 15 is 0 Å². The largest absolute Gasteiger partial charge is 0.481 e. The van der Waals surface area contributed by atoms with Gasteiger partial charge >= 0.3 is 12.1 Å². The molecule has 0 radical (unpaired) electrons. The van der Waals surface area contributed by atoms with Gasteiger partial charge in [-0.1, -0.05) is 46.4 Å². The van der Waals surface area contributed by atoms with E-state index in [2.05, 4.69) is 10.6 Å². The summed E-state index contributed by atoms with van der Waals surface area (Å²) < 4.78 is 43.6. The summed E-state index contributed by atoms with van der Waals surface area (Å²) in [6.45, 7) is 0.0242. The summed E-state index contributed by atoms with van der Waals surface area (Å²) in [7, 11) is 0. The highest BCUT2D eigenvalue weighted by Crippen LogP contribution is 2.54. The normalized spacial score (nSPS) is 26.4. The van der Waals surface area contributed by atoms with E-state index in [1.807, 2.05) is 0 Å². The molecule has 2 aliphatic heterocycles. The maximum atomic E-state index is 14.5. The fourth-order valence-corrected chi connectivity index (χ4v) is 6.41. The van der Waals surface area contributed by atoms with Crippen molar-refractivity contribution in [1.29, 1.82) is 0 Å². The maximum Gasteiger partial charge on any atom is 0.404 e. The van der Waals surface area contributed by atoms with E-state index < -0.39 is 47.4 Å². The first-order valence-corrected chi connectivity index (χ1v) is 12.9. The molecule has 202 valence electrons. The topological polar surface area (TPSA) is 98.7 Å². The second-order valence-corrected chi connectivity index (χ2v) is 11.3. The first-order chi connectivity index (χ1) is 17.7. The first-order valence-electron chi connectivity index (χ1n) is 11.4. The third-order valence-electron chi connectivity index (χ3n) is 7.11. The molecular weight excluding hydrogens is 593 g/mol. The maximum absolute atomic E-state index is 14.5. The molecule has 5 rings (SSSR count). The number of hydrogen-bond acceptors (Lipinski definition) is 4. The predicted molar refractivity (Wildman–Crippen MR) is 136 cm³/mol. The average Bonchev–Trinajstić information content (AvgIpc) is 3.47. The molecular formula is C24H18Cl4F3N3O4. The zero-order valence-corrected chi connectivity index (χ0v) is 22.1. The van der Waals surface area contributed by atoms with Gasteiger partial charge in [-0.15, -0.1) is 0 Å². The van der Waals surface area contributed by atoms with Crippen LogP contribution in [0.1, 0.15) is 18.4 Å². The van der Waals surface area contributed by atoms with Crippen LogP contribution in [0, 0.1) is 17.8 Å². The van der Waals surface area contributed by atoms with Gasteiger partial charge in [0, 0.05) is 32.9 Å². The molecule has 1 saturated heterocycles. The van der Waals surface area contributed by atoms with Gasteiger partial charge in [0.2, 0.25) is 11.8 Å². The van der Waals surface area contributed by atoms with E-state index in [0.717, 1.165) is 17.7 Å². The summed E-state index contributed by atoms with van der Waals surface area (Å²) in [5, 5.41) is 15.0. The summed E-state index contributed by atoms with van der Waals surface area (Å²) in [5.74, 6) is -8.41. The number of hydrogen-bond donors (Lipinski definition) is 3. The van der Waals surface area contributed by atoms with Crippen molar-refractivity contribution in [2.75, 3.05) is 16.8 Å². The monoisotopic (exact) mass is 609 g/mol. The van der Waals surface area contributed by atoms with Crippen LogP contribution >= 0.6 is 46.4 Å². The Kier molecular flexibility index (Phi) is 6.79. The number of amides is 2. The minimum atomic E-state index is -5.11. The molecule has 3 aliphatic rings. The molecule has 3 N–H and O–H groups in total. The molecule has 2 amide bonds. The van der Waals surface area contributed by atoms with Gasteiger partial charge in [-0.05, 0) is 49.1 Å². The van der Waals surface area contributed by atoms with E-state index in [-0.39, 0.29) is 49.5 Å². The van der Waals surface area contributed by atoms with Crippen LogP contribution in [-0.4, -0.2) is 41.7 Å². The molecule has 2 aromatic rings. The number of carboxylic acid groups (broad SMARTS) is 1. The Hall–Kier alpha value is -2.24. The third-order valence-corrected chi connectivity index (χ3v) is 8.06. The highest BCUT2D eigenvalue weighted by Gasteiger charge is 2.71. The van der Waals surface area contributed by atoms with Gasteiger partial charge in [-0.2, -0.15) is 13.2 Å². The van der Waals surface area contributed by atoms with Gasteiger partial charge in [0.05, 0.1) is 16.6 Å². The lowest BCUT2D eigenvalue weighted by Gasteiger charge is -2.32. The van der Waals surface area contributed by atoms with E-state index in [1.165, 1.54) is 30.3 Å². The van der Waals surface area contributed by atoms with Crippen LogP contribution in [0.5, 0.6) is 0 Å². The van der Waals surface area contributed by atoms with Crippen molar-refractivity contribution in [3.8, 4) is 0 Å². The van der Waals surface area contributed by atoms with E-state index in [4.69, 9.17) is 46.4 Å². The molecule has 1 spiro atoms. The molecule has 2 heterocycles. The van der Waals surface area contributed by atoms with Crippen molar-refractivity contribution < 1.29 is 32.7 Å². The Bertz CT molecular complexity index is 1350. The third kappa shape index (κ3) is 4.50. The highest BCUT2D eigenvalue weighted by atomic mass is 35.5. The quantitative estimate of drug-likeness (QED) is 0.401. The number of anilines is 2. The van der Waals surface area contributed by atoms with Crippen LogP contribution in [0.3, 0.4) is 0 Å². The second-order valence-electron chi connectivity index (χ2n) is 9.60. The van der Waals surface area contributed by atoms with Crippen LogP contribution < -0.4 is 15.5 Å². The molecule has 0 bridgehead atoms. The summed E-state index contributed by atoms with van der Waals surface area (Å²) in [4.78, 5) is 41.2. The van der Waals surface area contributed by atoms with E-state index in [1.54, 1.807) is 0 Å². The van der Waals surface area contributed by atoms with Gasteiger partial charge in [-0.3, -0.25) is 19.7 Å². The number of carboxylic acids is 1. The number of fused-ring (bicyclic) bond motifs is 2. The molecule has 1 aliphatic carbocycles. The van der Waals surface area contributed by atoms with Crippen LogP contribution in [0.25, 0.3) is 0 Å². The molecule has 2 unspecified atom stereocenters. The fraction of sp³-hybridized carbons (Fsp3) is 0.375. The lowest BCUT2D eigenvalue weighted by atomic mass is 9.74. The zero-order valence-electron chi connectivity index (χ0n) is 19.1. The number of rotatable bonds is 5. The molecule has 2 fully saturated rings. The fourth-order valence-electron chi connectivity index (χ4n) is 5.35. The smallest absolute Gasteiger partial charge is 0.404 e. The molecule has 0 aromatic heterocycles. The zero-order chi connectivity index (χ0) is 27.7. The van der Waals surface area contributed by atoms with Crippen molar-refractivity contribution in [3.63, 3.8) is 0 Å². The lowest BCUT2D eigenvalue weighted by molar-refractivity contribution is -0.169. The van der Waals surface area contributed by atoms with Crippen LogP contribution in [0.2, 0.25) is 20.1 Å². The highest BCUT2D eigenvalue weighted by molar-refractivity contribution is 6.38. The summed E-state index contributed by atoms with van der Waals surface area (Å²) in [5.41, 5.74) is -2.62. The number of nitrogens with one attached hydrogen (secondary N) is 2. The van der Waals surface area contributed by atoms with Gasteiger partial charge in [0.1, 0.15) is 17.5 Å². The van der Waals surface area contributed by atoms with Gasteiger partial charge in [-0.25, -0.2) is 0 Å². The van der Waals surface area contributed by atoms with Gasteiger partial charge in [0.25, 0.3) is 0 Å². The van der Waals surface area contributed by atoms with Gasteiger partial charge in [0.15, 0.2) is 0 Å². The molecule has 14 heteroatoms. The second kappa shape index (κ2) is 9.45. The SMILES string of the molecule is O=C(O)[C@@H]1[C@H](C(=O)N(CC2CC2)c2cc(Cl)cc(Cl)c2)C(C(F)(F)F)NC12C(=O)Nc1c(Cl)cc(Cl)cc12. The van der Waals surface area contributed by atoms with Crippen molar-refractivity contribution >= 4 is 75.6 Å². The number of aliphatic carboxylic acids is 1. The molecule has 2 aromatic carbocycles. The molecule has 7 nitrogen and oxygen atoms in total. The molecule has 38 heavy (non-hydrogen) atoms. The Labute approximate surface area is 234 Å². The summed E-state index contributed by atoms with van der Waals surface area (Å²) in [6.07, 6.45) is -3.63. The summed E-state index contributed by atoms with van der Waals surface area (Å²) in [6, 6.07) is 3.85. The number of nitrogens with zero attached hydrogens (tertiary/aromatic N) is 1. The summed E-state index contributed by atoms with van der Waals surface area (Å²) >= 11 is 24.5. The van der Waals surface area contributed by atoms with Gasteiger partial charge < -0.3 is 15.3 Å². The number of benzene rings is 2. The number of carbonyl (C=O) groups excluding carboxylic acids is 2. The Balaban J connectivity index is 1.69. The van der Waals surface area contributed by atoms with Crippen molar-refractivity contribution in [3.05, 3.63) is 56.0 Å². The Morgan fingerprint density at radius 1 is 1.03 bits per heavy atom. The Morgan fingerprint density at radius 3 is 2.18 bits per heavy atom. The number of halogens is 7. The lowest BCUT2D eigenvalue weighted by Crippen LogP contribution is -2.53. The Morgan fingerprint density at radius 2 is 1.63 bits per heavy atom. The van der Waals surface area contributed by atoms with Crippen LogP contribution in [0.15, 0.2) is 30.3 Å². The standard InChI is InChI=1S/C24H18Cl4F3N3O4/c25-10-3-11(26)5-13(4-10)34(8-9-1-2-9)20(35)16-17(21(36)37)23(33-19(16)24(29,30)31)14-6-12(27)7-15(28)18(14)32-22(23)38/h3-7,9,16-17,19,33H,1-2,8H2,(H,32,38)(H,36,37)/t16-,17-,19?,23?/m0/s1. The predicted octanol–water partition coefficient (Wildman–Crippen LogP) is 5.74. The first kappa shape index (κ1) is 27.3. The number of carbonyl (C=O) groups is 3. The minimum absolute atomic E-state index is 0.000706. The van der Waals surface area contributed by atoms with Crippen LogP contribution in [-0.2, 0) is 19.9 Å². The average molecular weight is 611 g/mol. The minimum Gasteiger partial charge on any atom is -0.481 e. The van der Waals surface area contributed by atoms with Crippen molar-refractivity contribution in [2.24, 2.45) is 17.8 Å².